The van der Waals surface area contributed by atoms with E-state index in [-0.39, 0.29) is 18.4 Å². The molecule has 1 aliphatic rings. The van der Waals surface area contributed by atoms with Crippen molar-refractivity contribution in [1.82, 2.24) is 0 Å². The van der Waals surface area contributed by atoms with Crippen molar-refractivity contribution in [2.24, 2.45) is 0 Å². The summed E-state index contributed by atoms with van der Waals surface area (Å²) in [6, 6.07) is 20.9. The molecule has 0 bridgehead atoms. The predicted molar refractivity (Wildman–Crippen MR) is 128 cm³/mol. The first kappa shape index (κ1) is 21.2. The zero-order valence-electron chi connectivity index (χ0n) is 18.3. The summed E-state index contributed by atoms with van der Waals surface area (Å²) in [5.74, 6) is -0.194. The topological polar surface area (TPSA) is 40.6 Å². The molecule has 3 aromatic rings. The van der Waals surface area contributed by atoms with Crippen LogP contribution in [0.3, 0.4) is 0 Å². The Morgan fingerprint density at radius 1 is 0.806 bits per heavy atom. The third-order valence-corrected chi connectivity index (χ3v) is 6.61. The molecule has 0 aliphatic carbocycles. The van der Waals surface area contributed by atoms with Gasteiger partial charge in [-0.3, -0.25) is 14.5 Å². The number of benzene rings is 3. The van der Waals surface area contributed by atoms with Gasteiger partial charge in [0.25, 0.3) is 5.91 Å². The van der Waals surface area contributed by atoms with Crippen LogP contribution in [-0.4, -0.2) is 24.6 Å². The normalized spacial score (nSPS) is 16.7. The highest BCUT2D eigenvalue weighted by Gasteiger charge is 2.41. The Morgan fingerprint density at radius 3 is 2.06 bits per heavy atom. The molecule has 31 heavy (non-hydrogen) atoms. The van der Waals surface area contributed by atoms with Gasteiger partial charge in [0.15, 0.2) is 0 Å². The molecule has 3 aromatic carbocycles. The molecule has 0 radical (unpaired) electrons. The van der Waals surface area contributed by atoms with E-state index in [4.69, 9.17) is 0 Å². The average molecular weight is 431 g/mol. The quantitative estimate of drug-likeness (QED) is 0.517. The molecule has 0 spiro atoms. The largest absolute Gasteiger partial charge is 0.301 e. The summed E-state index contributed by atoms with van der Waals surface area (Å²) in [6.45, 7) is 6.09. The van der Waals surface area contributed by atoms with E-state index in [0.29, 0.717) is 0 Å². The maximum atomic E-state index is 13.8. The Kier molecular flexibility index (Phi) is 5.88. The highest BCUT2D eigenvalue weighted by Crippen LogP contribution is 2.35. The maximum absolute atomic E-state index is 13.8. The number of hydrogen-bond donors (Lipinski definition) is 0. The Balaban J connectivity index is 1.81. The smallest absolute Gasteiger partial charge is 0.255 e. The van der Waals surface area contributed by atoms with Crippen molar-refractivity contribution in [2.75, 3.05) is 22.6 Å². The van der Waals surface area contributed by atoms with E-state index in [1.165, 1.54) is 0 Å². The first-order chi connectivity index (χ1) is 14.9. The molecule has 0 N–H and O–H groups in total. The van der Waals surface area contributed by atoms with Gasteiger partial charge in [0.1, 0.15) is 12.6 Å². The Bertz CT molecular complexity index is 1120. The SMILES string of the molecule is CSc1ccc(C2C(=O)N(c3ccc(C)cc3)CC(=O)N2c2ccc(C)c(C)c2)cc1. The van der Waals surface area contributed by atoms with Crippen LogP contribution >= 0.6 is 11.8 Å². The fourth-order valence-corrected chi connectivity index (χ4v) is 4.29. The summed E-state index contributed by atoms with van der Waals surface area (Å²) in [6.07, 6.45) is 2.02. The second-order valence-electron chi connectivity index (χ2n) is 7.97. The van der Waals surface area contributed by atoms with E-state index >= 15 is 0 Å². The van der Waals surface area contributed by atoms with E-state index in [1.807, 2.05) is 93.8 Å². The van der Waals surface area contributed by atoms with E-state index in [0.717, 1.165) is 38.5 Å². The number of hydrogen-bond acceptors (Lipinski definition) is 3. The second-order valence-corrected chi connectivity index (χ2v) is 8.85. The fraction of sp³-hybridized carbons (Fsp3) is 0.231. The number of amides is 2. The monoisotopic (exact) mass is 430 g/mol. The molecule has 4 rings (SSSR count). The van der Waals surface area contributed by atoms with Gasteiger partial charge in [-0.1, -0.05) is 35.9 Å². The summed E-state index contributed by atoms with van der Waals surface area (Å²) in [4.78, 5) is 31.6. The maximum Gasteiger partial charge on any atom is 0.255 e. The molecule has 1 aliphatic heterocycles. The third kappa shape index (κ3) is 4.10. The van der Waals surface area contributed by atoms with Crippen molar-refractivity contribution >= 4 is 35.0 Å². The minimum Gasteiger partial charge on any atom is -0.301 e. The van der Waals surface area contributed by atoms with Crippen molar-refractivity contribution in [3.05, 3.63) is 89.0 Å². The molecule has 5 heteroatoms. The molecule has 1 atom stereocenters. The first-order valence-electron chi connectivity index (χ1n) is 10.3. The standard InChI is InChI=1S/C26H26N2O2S/c1-17-5-10-21(11-6-17)27-16-24(29)28(22-12-7-18(2)19(3)15-22)25(26(27)30)20-8-13-23(31-4)14-9-20/h5-15,25H,16H2,1-4H3. The molecule has 1 fully saturated rings. The molecule has 1 saturated heterocycles. The summed E-state index contributed by atoms with van der Waals surface area (Å²) in [7, 11) is 0. The summed E-state index contributed by atoms with van der Waals surface area (Å²) in [5.41, 5.74) is 5.67. The zero-order valence-corrected chi connectivity index (χ0v) is 19.1. The number of carbonyl (C=O) groups is 2. The van der Waals surface area contributed by atoms with E-state index in [9.17, 15) is 9.59 Å². The first-order valence-corrected chi connectivity index (χ1v) is 11.5. The Labute approximate surface area is 187 Å². The van der Waals surface area contributed by atoms with Crippen molar-refractivity contribution in [3.8, 4) is 0 Å². The number of piperazine rings is 1. The van der Waals surface area contributed by atoms with Crippen LogP contribution in [0.2, 0.25) is 0 Å². The van der Waals surface area contributed by atoms with Gasteiger partial charge in [-0.2, -0.15) is 0 Å². The summed E-state index contributed by atoms with van der Waals surface area (Å²) < 4.78 is 0. The van der Waals surface area contributed by atoms with Crippen LogP contribution in [0.5, 0.6) is 0 Å². The lowest BCUT2D eigenvalue weighted by molar-refractivity contribution is -0.128. The van der Waals surface area contributed by atoms with Gasteiger partial charge < -0.3 is 4.90 Å². The molecule has 1 unspecified atom stereocenters. The van der Waals surface area contributed by atoms with Gasteiger partial charge in [-0.05, 0) is 80.1 Å². The van der Waals surface area contributed by atoms with Gasteiger partial charge in [0.2, 0.25) is 5.91 Å². The molecule has 158 valence electrons. The van der Waals surface area contributed by atoms with Crippen molar-refractivity contribution < 1.29 is 9.59 Å². The minimum atomic E-state index is -0.708. The number of thioether (sulfide) groups is 1. The van der Waals surface area contributed by atoms with Gasteiger partial charge >= 0.3 is 0 Å². The number of nitrogens with zero attached hydrogens (tertiary/aromatic N) is 2. The van der Waals surface area contributed by atoms with Crippen molar-refractivity contribution in [1.29, 1.82) is 0 Å². The third-order valence-electron chi connectivity index (χ3n) is 5.87. The Hall–Kier alpha value is -3.05. The van der Waals surface area contributed by atoms with Crippen LogP contribution < -0.4 is 9.80 Å². The van der Waals surface area contributed by atoms with Crippen LogP contribution in [-0.2, 0) is 9.59 Å². The van der Waals surface area contributed by atoms with E-state index in [2.05, 4.69) is 0 Å². The average Bonchev–Trinajstić information content (AvgIpc) is 2.77. The predicted octanol–water partition coefficient (Wildman–Crippen LogP) is 5.45. The molecule has 0 aromatic heterocycles. The van der Waals surface area contributed by atoms with Crippen molar-refractivity contribution in [3.63, 3.8) is 0 Å². The van der Waals surface area contributed by atoms with Crippen LogP contribution in [0.25, 0.3) is 0 Å². The molecule has 4 nitrogen and oxygen atoms in total. The van der Waals surface area contributed by atoms with Gasteiger partial charge in [-0.15, -0.1) is 11.8 Å². The lowest BCUT2D eigenvalue weighted by Gasteiger charge is -2.40. The van der Waals surface area contributed by atoms with Crippen LogP contribution in [0.15, 0.2) is 71.6 Å². The van der Waals surface area contributed by atoms with Gasteiger partial charge in [0, 0.05) is 16.3 Å². The fourth-order valence-electron chi connectivity index (χ4n) is 3.88. The highest BCUT2D eigenvalue weighted by atomic mass is 32.2. The second kappa shape index (κ2) is 8.60. The number of anilines is 2. The van der Waals surface area contributed by atoms with E-state index in [1.54, 1.807) is 21.6 Å². The van der Waals surface area contributed by atoms with Gasteiger partial charge in [0.05, 0.1) is 0 Å². The lowest BCUT2D eigenvalue weighted by atomic mass is 9.98. The van der Waals surface area contributed by atoms with Crippen molar-refractivity contribution in [2.45, 2.75) is 31.7 Å². The van der Waals surface area contributed by atoms with Gasteiger partial charge in [-0.25, -0.2) is 0 Å². The number of rotatable bonds is 4. The Morgan fingerprint density at radius 2 is 1.45 bits per heavy atom. The summed E-state index contributed by atoms with van der Waals surface area (Å²) in [5, 5.41) is 0. The van der Waals surface area contributed by atoms with Crippen LogP contribution in [0.4, 0.5) is 11.4 Å². The number of aryl methyl sites for hydroxylation is 3. The lowest BCUT2D eigenvalue weighted by Crippen LogP contribution is -2.56. The van der Waals surface area contributed by atoms with Crippen LogP contribution in [0.1, 0.15) is 28.3 Å². The zero-order chi connectivity index (χ0) is 22.1. The molecular formula is C26H26N2O2S. The molecule has 0 saturated carbocycles. The molecular weight excluding hydrogens is 404 g/mol. The summed E-state index contributed by atoms with van der Waals surface area (Å²) >= 11 is 1.65. The minimum absolute atomic E-state index is 0.0220. The van der Waals surface area contributed by atoms with Crippen LogP contribution in [0, 0.1) is 20.8 Å². The van der Waals surface area contributed by atoms with E-state index < -0.39 is 6.04 Å². The highest BCUT2D eigenvalue weighted by molar-refractivity contribution is 7.98. The molecule has 2 amide bonds. The molecule has 1 heterocycles. The number of carbonyl (C=O) groups excluding carboxylic acids is 2.